The Morgan fingerprint density at radius 1 is 1.27 bits per heavy atom. The van der Waals surface area contributed by atoms with Crippen molar-refractivity contribution in [1.29, 1.82) is 0 Å². The number of carbonyl (C=O) groups excluding carboxylic acids is 1. The fourth-order valence-electron chi connectivity index (χ4n) is 3.63. The molecule has 1 aromatic rings. The highest BCUT2D eigenvalue weighted by Crippen LogP contribution is 2.27. The predicted octanol–water partition coefficient (Wildman–Crippen LogP) is 1.93. The average molecular weight is 384 g/mol. The van der Waals surface area contributed by atoms with Crippen molar-refractivity contribution in [3.63, 3.8) is 0 Å². The van der Waals surface area contributed by atoms with E-state index in [-0.39, 0.29) is 23.6 Å². The molecular formula is C18H25FN2O4S. The second kappa shape index (κ2) is 8.02. The van der Waals surface area contributed by atoms with Gasteiger partial charge in [-0.25, -0.2) is 12.8 Å². The maximum atomic E-state index is 13.1. The zero-order valence-electron chi connectivity index (χ0n) is 14.9. The molecule has 0 spiro atoms. The van der Waals surface area contributed by atoms with Crippen molar-refractivity contribution in [2.75, 3.05) is 32.0 Å². The summed E-state index contributed by atoms with van der Waals surface area (Å²) >= 11 is 0. The molecule has 0 radical (unpaired) electrons. The van der Waals surface area contributed by atoms with Crippen LogP contribution >= 0.6 is 0 Å². The lowest BCUT2D eigenvalue weighted by atomic mass is 10.1. The molecule has 2 aliphatic heterocycles. The second-order valence-corrected chi connectivity index (χ2v) is 8.82. The molecule has 8 heteroatoms. The third kappa shape index (κ3) is 4.07. The number of amides is 1. The van der Waals surface area contributed by atoms with Crippen LogP contribution in [0.4, 0.5) is 4.39 Å². The van der Waals surface area contributed by atoms with Gasteiger partial charge in [-0.2, -0.15) is 4.31 Å². The third-order valence-corrected chi connectivity index (χ3v) is 7.00. The van der Waals surface area contributed by atoms with Crippen LogP contribution in [0, 0.1) is 5.82 Å². The van der Waals surface area contributed by atoms with Crippen molar-refractivity contribution < 1.29 is 22.3 Å². The van der Waals surface area contributed by atoms with Gasteiger partial charge in [-0.05, 0) is 37.0 Å². The lowest BCUT2D eigenvalue weighted by Gasteiger charge is -2.36. The largest absolute Gasteiger partial charge is 0.370 e. The van der Waals surface area contributed by atoms with Crippen LogP contribution in [-0.4, -0.2) is 61.6 Å². The minimum absolute atomic E-state index is 0.0676. The highest BCUT2D eigenvalue weighted by Gasteiger charge is 2.41. The molecule has 0 bridgehead atoms. The van der Waals surface area contributed by atoms with E-state index in [4.69, 9.17) is 4.74 Å². The summed E-state index contributed by atoms with van der Waals surface area (Å²) in [5.74, 6) is -0.407. The lowest BCUT2D eigenvalue weighted by molar-refractivity contribution is -0.142. The van der Waals surface area contributed by atoms with Gasteiger partial charge in [-0.3, -0.25) is 4.79 Å². The number of sulfonamides is 1. The minimum Gasteiger partial charge on any atom is -0.370 e. The molecule has 0 saturated carbocycles. The van der Waals surface area contributed by atoms with Gasteiger partial charge in [0.1, 0.15) is 18.0 Å². The first-order chi connectivity index (χ1) is 12.4. The van der Waals surface area contributed by atoms with Gasteiger partial charge in [0.15, 0.2) is 0 Å². The molecule has 1 aromatic carbocycles. The van der Waals surface area contributed by atoms with Gasteiger partial charge in [0.05, 0.1) is 18.9 Å². The van der Waals surface area contributed by atoms with E-state index in [2.05, 4.69) is 0 Å². The summed E-state index contributed by atoms with van der Waals surface area (Å²) in [6.45, 7) is 3.39. The van der Waals surface area contributed by atoms with Crippen LogP contribution in [0.15, 0.2) is 24.3 Å². The Morgan fingerprint density at radius 3 is 2.69 bits per heavy atom. The van der Waals surface area contributed by atoms with Gasteiger partial charge < -0.3 is 9.64 Å². The zero-order chi connectivity index (χ0) is 18.7. The first-order valence-electron chi connectivity index (χ1n) is 9.07. The van der Waals surface area contributed by atoms with Crippen LogP contribution in [0.5, 0.6) is 0 Å². The smallest absolute Gasteiger partial charge is 0.241 e. The fourth-order valence-corrected chi connectivity index (χ4v) is 5.38. The van der Waals surface area contributed by atoms with Crippen molar-refractivity contribution in [2.45, 2.75) is 38.3 Å². The molecule has 1 amide bonds. The first-order valence-corrected chi connectivity index (χ1v) is 10.7. The number of morpholine rings is 1. The van der Waals surface area contributed by atoms with Crippen LogP contribution in [0.1, 0.15) is 37.9 Å². The summed E-state index contributed by atoms with van der Waals surface area (Å²) in [5.41, 5.74) is 0.811. The van der Waals surface area contributed by atoms with Crippen LogP contribution in [0.3, 0.4) is 0 Å². The molecule has 2 heterocycles. The molecule has 0 aromatic heterocycles. The normalized spacial score (nSPS) is 24.8. The van der Waals surface area contributed by atoms with Gasteiger partial charge in [-0.1, -0.05) is 19.1 Å². The van der Waals surface area contributed by atoms with E-state index in [1.807, 2.05) is 6.92 Å². The average Bonchev–Trinajstić information content (AvgIpc) is 3.12. The van der Waals surface area contributed by atoms with Crippen molar-refractivity contribution in [3.05, 3.63) is 35.6 Å². The molecule has 2 saturated heterocycles. The molecule has 0 aliphatic carbocycles. The number of halogens is 1. The Morgan fingerprint density at radius 2 is 2.00 bits per heavy atom. The summed E-state index contributed by atoms with van der Waals surface area (Å²) in [7, 11) is -3.40. The van der Waals surface area contributed by atoms with E-state index in [0.717, 1.165) is 5.56 Å². The van der Waals surface area contributed by atoms with Crippen molar-refractivity contribution in [1.82, 2.24) is 9.21 Å². The Hall–Kier alpha value is -1.51. The summed E-state index contributed by atoms with van der Waals surface area (Å²) in [6, 6.07) is 5.44. The Bertz CT molecular complexity index is 738. The highest BCUT2D eigenvalue weighted by atomic mass is 32.2. The summed E-state index contributed by atoms with van der Waals surface area (Å²) < 4.78 is 45.1. The molecule has 0 N–H and O–H groups in total. The van der Waals surface area contributed by atoms with E-state index in [1.54, 1.807) is 17.0 Å². The number of hydrogen-bond acceptors (Lipinski definition) is 4. The Kier molecular flexibility index (Phi) is 5.94. The molecular weight excluding hydrogens is 359 g/mol. The number of rotatable bonds is 5. The van der Waals surface area contributed by atoms with E-state index in [0.29, 0.717) is 45.5 Å². The summed E-state index contributed by atoms with van der Waals surface area (Å²) in [5, 5.41) is 0. The van der Waals surface area contributed by atoms with Gasteiger partial charge in [0, 0.05) is 13.1 Å². The summed E-state index contributed by atoms with van der Waals surface area (Å²) in [4.78, 5) is 14.7. The second-order valence-electron chi connectivity index (χ2n) is 6.78. The molecule has 2 unspecified atom stereocenters. The number of ether oxygens (including phenoxy) is 1. The maximum Gasteiger partial charge on any atom is 0.241 e. The molecule has 6 nitrogen and oxygen atoms in total. The predicted molar refractivity (Wildman–Crippen MR) is 95.5 cm³/mol. The molecule has 3 rings (SSSR count). The van der Waals surface area contributed by atoms with Crippen molar-refractivity contribution in [3.8, 4) is 0 Å². The number of benzene rings is 1. The van der Waals surface area contributed by atoms with Crippen LogP contribution < -0.4 is 0 Å². The number of hydrogen-bond donors (Lipinski definition) is 0. The van der Waals surface area contributed by atoms with Crippen LogP contribution in [-0.2, 0) is 19.6 Å². The number of carbonyl (C=O) groups is 1. The van der Waals surface area contributed by atoms with E-state index < -0.39 is 16.1 Å². The van der Waals surface area contributed by atoms with E-state index in [1.165, 1.54) is 16.4 Å². The van der Waals surface area contributed by atoms with Crippen molar-refractivity contribution >= 4 is 15.9 Å². The molecule has 2 fully saturated rings. The maximum absolute atomic E-state index is 13.1. The minimum atomic E-state index is -3.40. The molecule has 2 atom stereocenters. The highest BCUT2D eigenvalue weighted by molar-refractivity contribution is 7.89. The Balaban J connectivity index is 1.71. The first kappa shape index (κ1) is 19.3. The van der Waals surface area contributed by atoms with Crippen LogP contribution in [0.25, 0.3) is 0 Å². The van der Waals surface area contributed by atoms with Crippen molar-refractivity contribution in [2.24, 2.45) is 0 Å². The van der Waals surface area contributed by atoms with Gasteiger partial charge in [0.2, 0.25) is 15.9 Å². The number of nitrogens with zero attached hydrogens (tertiary/aromatic N) is 2. The third-order valence-electron chi connectivity index (χ3n) is 4.93. The fraction of sp³-hybridized carbons (Fsp3) is 0.611. The Labute approximate surface area is 154 Å². The van der Waals surface area contributed by atoms with Gasteiger partial charge in [0.25, 0.3) is 0 Å². The topological polar surface area (TPSA) is 66.9 Å². The monoisotopic (exact) mass is 384 g/mol. The van der Waals surface area contributed by atoms with E-state index >= 15 is 0 Å². The molecule has 26 heavy (non-hydrogen) atoms. The van der Waals surface area contributed by atoms with Crippen LogP contribution in [0.2, 0.25) is 0 Å². The summed E-state index contributed by atoms with van der Waals surface area (Å²) in [6.07, 6.45) is 1.46. The lowest BCUT2D eigenvalue weighted by Crippen LogP contribution is -2.51. The standard InChI is InChI=1S/C18H25FN2O4S/c1-2-12-26(23,24)21-9-3-4-16(21)18(22)20-10-11-25-17(13-20)14-5-7-15(19)8-6-14/h5-8,16-17H,2-4,9-13H2,1H3. The zero-order valence-corrected chi connectivity index (χ0v) is 15.8. The van der Waals surface area contributed by atoms with Gasteiger partial charge in [-0.15, -0.1) is 0 Å². The van der Waals surface area contributed by atoms with Gasteiger partial charge >= 0.3 is 0 Å². The molecule has 144 valence electrons. The van der Waals surface area contributed by atoms with E-state index in [9.17, 15) is 17.6 Å². The quantitative estimate of drug-likeness (QED) is 0.778. The molecule has 2 aliphatic rings. The SMILES string of the molecule is CCCS(=O)(=O)N1CCCC1C(=O)N1CCOC(c2ccc(F)cc2)C1.